The predicted molar refractivity (Wildman–Crippen MR) is 76.1 cm³/mol. The van der Waals surface area contributed by atoms with Gasteiger partial charge in [0.1, 0.15) is 4.99 Å². The van der Waals surface area contributed by atoms with Crippen LogP contribution in [0.5, 0.6) is 0 Å². The topological polar surface area (TPSA) is 115 Å². The summed E-state index contributed by atoms with van der Waals surface area (Å²) in [6.45, 7) is 1.61. The van der Waals surface area contributed by atoms with Gasteiger partial charge in [0.05, 0.1) is 4.90 Å². The Kier molecular flexibility index (Phi) is 4.98. The molecule has 0 spiro atoms. The van der Waals surface area contributed by atoms with E-state index in [1.54, 1.807) is 19.1 Å². The number of sulfonamides is 1. The summed E-state index contributed by atoms with van der Waals surface area (Å²) in [5, 5.41) is 0. The van der Waals surface area contributed by atoms with Crippen molar-refractivity contribution in [3.63, 3.8) is 0 Å². The summed E-state index contributed by atoms with van der Waals surface area (Å²) < 4.78 is 26.4. The first-order chi connectivity index (χ1) is 8.74. The van der Waals surface area contributed by atoms with Crippen LogP contribution in [0, 0.1) is 6.92 Å². The molecule has 0 unspecified atom stereocenters. The van der Waals surface area contributed by atoms with E-state index in [1.165, 1.54) is 6.07 Å². The van der Waals surface area contributed by atoms with Crippen molar-refractivity contribution >= 4 is 33.1 Å². The third-order valence-electron chi connectivity index (χ3n) is 2.43. The van der Waals surface area contributed by atoms with Crippen molar-refractivity contribution < 1.29 is 13.2 Å². The number of rotatable bonds is 6. The maximum absolute atomic E-state index is 12.1. The summed E-state index contributed by atoms with van der Waals surface area (Å²) in [7, 11) is -3.72. The molecule has 0 saturated carbocycles. The zero-order valence-corrected chi connectivity index (χ0v) is 12.0. The van der Waals surface area contributed by atoms with Gasteiger partial charge in [-0.1, -0.05) is 24.4 Å². The highest BCUT2D eigenvalue weighted by Gasteiger charge is 2.17. The fraction of sp³-hybridized carbons (Fsp3) is 0.273. The van der Waals surface area contributed by atoms with Crippen LogP contribution < -0.4 is 16.2 Å². The van der Waals surface area contributed by atoms with Crippen molar-refractivity contribution in [3.05, 3.63) is 29.3 Å². The number of benzene rings is 1. The van der Waals surface area contributed by atoms with Gasteiger partial charge in [0.15, 0.2) is 0 Å². The summed E-state index contributed by atoms with van der Waals surface area (Å²) in [5.74, 6) is -0.573. The number of amides is 1. The van der Waals surface area contributed by atoms with E-state index in [-0.39, 0.29) is 22.8 Å². The molecule has 8 heteroatoms. The van der Waals surface area contributed by atoms with E-state index in [0.717, 1.165) is 0 Å². The van der Waals surface area contributed by atoms with Crippen molar-refractivity contribution in [1.29, 1.82) is 0 Å². The largest absolute Gasteiger partial charge is 0.389 e. The van der Waals surface area contributed by atoms with Crippen molar-refractivity contribution in [2.75, 3.05) is 6.54 Å². The maximum atomic E-state index is 12.1. The van der Waals surface area contributed by atoms with Gasteiger partial charge < -0.3 is 11.5 Å². The van der Waals surface area contributed by atoms with Gasteiger partial charge in [-0.25, -0.2) is 13.1 Å². The standard InChI is InChI=1S/C11H15N3O3S2/c1-7-2-3-8(11(13)18)6-9(7)19(16,17)14-5-4-10(12)15/h2-3,6,14H,4-5H2,1H3,(H2,12,15)(H2,13,18). The molecular weight excluding hydrogens is 286 g/mol. The summed E-state index contributed by atoms with van der Waals surface area (Å²) in [4.78, 5) is 10.8. The zero-order chi connectivity index (χ0) is 14.6. The molecular formula is C11H15N3O3S2. The SMILES string of the molecule is Cc1ccc(C(N)=S)cc1S(=O)(=O)NCCC(N)=O. The number of hydrogen-bond acceptors (Lipinski definition) is 4. The predicted octanol–water partition coefficient (Wildman–Crippen LogP) is -0.217. The van der Waals surface area contributed by atoms with Crippen LogP contribution in [-0.4, -0.2) is 25.9 Å². The molecule has 0 bridgehead atoms. The van der Waals surface area contributed by atoms with Gasteiger partial charge in [0.25, 0.3) is 0 Å². The van der Waals surface area contributed by atoms with E-state index in [2.05, 4.69) is 4.72 Å². The monoisotopic (exact) mass is 301 g/mol. The van der Waals surface area contributed by atoms with E-state index in [0.29, 0.717) is 11.1 Å². The van der Waals surface area contributed by atoms with E-state index >= 15 is 0 Å². The average molecular weight is 301 g/mol. The van der Waals surface area contributed by atoms with E-state index in [4.69, 9.17) is 23.7 Å². The minimum atomic E-state index is -3.72. The second-order valence-corrected chi connectivity index (χ2v) is 6.13. The fourth-order valence-electron chi connectivity index (χ4n) is 1.43. The zero-order valence-electron chi connectivity index (χ0n) is 10.3. The summed E-state index contributed by atoms with van der Waals surface area (Å²) in [6, 6.07) is 4.68. The average Bonchev–Trinajstić information content (AvgIpc) is 2.28. The summed E-state index contributed by atoms with van der Waals surface area (Å²) >= 11 is 4.81. The number of nitrogens with two attached hydrogens (primary N) is 2. The van der Waals surface area contributed by atoms with Gasteiger partial charge in [-0.3, -0.25) is 4.79 Å². The lowest BCUT2D eigenvalue weighted by molar-refractivity contribution is -0.117. The van der Waals surface area contributed by atoms with Gasteiger partial charge in [-0.2, -0.15) is 0 Å². The third-order valence-corrected chi connectivity index (χ3v) is 4.26. The number of primary amides is 1. The molecule has 0 aromatic heterocycles. The van der Waals surface area contributed by atoms with Gasteiger partial charge >= 0.3 is 0 Å². The van der Waals surface area contributed by atoms with Crippen LogP contribution in [-0.2, 0) is 14.8 Å². The van der Waals surface area contributed by atoms with Crippen LogP contribution in [0.2, 0.25) is 0 Å². The molecule has 0 radical (unpaired) electrons. The van der Waals surface area contributed by atoms with Gasteiger partial charge in [-0.15, -0.1) is 0 Å². The van der Waals surface area contributed by atoms with Crippen LogP contribution in [0.4, 0.5) is 0 Å². The Balaban J connectivity index is 3.03. The number of thiocarbonyl (C=S) groups is 1. The number of nitrogens with one attached hydrogen (secondary N) is 1. The summed E-state index contributed by atoms with van der Waals surface area (Å²) in [5.41, 5.74) is 11.4. The van der Waals surface area contributed by atoms with Crippen LogP contribution in [0.1, 0.15) is 17.5 Å². The Hall–Kier alpha value is -1.51. The second kappa shape index (κ2) is 6.09. The Morgan fingerprint density at radius 3 is 2.53 bits per heavy atom. The molecule has 19 heavy (non-hydrogen) atoms. The van der Waals surface area contributed by atoms with Crippen molar-refractivity contribution in [1.82, 2.24) is 4.72 Å². The van der Waals surface area contributed by atoms with E-state index in [9.17, 15) is 13.2 Å². The minimum Gasteiger partial charge on any atom is -0.389 e. The quantitative estimate of drug-likeness (QED) is 0.628. The Bertz CT molecular complexity index is 612. The van der Waals surface area contributed by atoms with Crippen molar-refractivity contribution in [2.24, 2.45) is 11.5 Å². The van der Waals surface area contributed by atoms with Crippen molar-refractivity contribution in [2.45, 2.75) is 18.2 Å². The molecule has 0 atom stereocenters. The molecule has 6 nitrogen and oxygen atoms in total. The number of aryl methyl sites for hydroxylation is 1. The van der Waals surface area contributed by atoms with E-state index < -0.39 is 15.9 Å². The van der Waals surface area contributed by atoms with Crippen LogP contribution in [0.3, 0.4) is 0 Å². The lowest BCUT2D eigenvalue weighted by atomic mass is 10.1. The highest BCUT2D eigenvalue weighted by Crippen LogP contribution is 2.17. The first kappa shape index (κ1) is 15.5. The number of carbonyl (C=O) groups excluding carboxylic acids is 1. The Morgan fingerprint density at radius 1 is 1.37 bits per heavy atom. The molecule has 0 fully saturated rings. The Morgan fingerprint density at radius 2 is 2.00 bits per heavy atom. The lowest BCUT2D eigenvalue weighted by Gasteiger charge is -2.10. The summed E-state index contributed by atoms with van der Waals surface area (Å²) in [6.07, 6.45) is -0.0622. The minimum absolute atomic E-state index is 0.0472. The molecule has 1 amide bonds. The molecule has 0 aliphatic carbocycles. The Labute approximate surface area is 117 Å². The first-order valence-electron chi connectivity index (χ1n) is 5.42. The van der Waals surface area contributed by atoms with Crippen molar-refractivity contribution in [3.8, 4) is 0 Å². The fourth-order valence-corrected chi connectivity index (χ4v) is 2.86. The second-order valence-electron chi connectivity index (χ2n) is 3.96. The molecule has 0 heterocycles. The van der Waals surface area contributed by atoms with E-state index in [1.807, 2.05) is 0 Å². The van der Waals surface area contributed by atoms with Gasteiger partial charge in [0.2, 0.25) is 15.9 Å². The molecule has 1 aromatic carbocycles. The van der Waals surface area contributed by atoms with Crippen LogP contribution in [0.25, 0.3) is 0 Å². The molecule has 0 saturated heterocycles. The molecule has 1 aromatic rings. The smallest absolute Gasteiger partial charge is 0.240 e. The maximum Gasteiger partial charge on any atom is 0.240 e. The first-order valence-corrected chi connectivity index (χ1v) is 7.31. The molecule has 0 aliphatic heterocycles. The number of hydrogen-bond donors (Lipinski definition) is 3. The highest BCUT2D eigenvalue weighted by atomic mass is 32.2. The molecule has 5 N–H and O–H groups in total. The highest BCUT2D eigenvalue weighted by molar-refractivity contribution is 7.89. The normalized spacial score (nSPS) is 11.2. The lowest BCUT2D eigenvalue weighted by Crippen LogP contribution is -2.28. The molecule has 104 valence electrons. The number of carbonyl (C=O) groups is 1. The molecule has 1 rings (SSSR count). The molecule has 0 aliphatic rings. The van der Waals surface area contributed by atoms with Gasteiger partial charge in [0, 0.05) is 18.5 Å². The third kappa shape index (κ3) is 4.27. The van der Waals surface area contributed by atoms with Crippen LogP contribution in [0.15, 0.2) is 23.1 Å². The van der Waals surface area contributed by atoms with Crippen LogP contribution >= 0.6 is 12.2 Å². The van der Waals surface area contributed by atoms with Gasteiger partial charge in [-0.05, 0) is 18.6 Å².